The largest absolute Gasteiger partial charge is 0.324 e. The van der Waals surface area contributed by atoms with Crippen molar-refractivity contribution >= 4 is 33.4 Å². The molecule has 0 unspecified atom stereocenters. The second kappa shape index (κ2) is 9.75. The monoisotopic (exact) mass is 392 g/mol. The molecule has 2 aromatic carbocycles. The van der Waals surface area contributed by atoms with Crippen molar-refractivity contribution in [1.29, 1.82) is 0 Å². The summed E-state index contributed by atoms with van der Waals surface area (Å²) in [5.41, 5.74) is 1.73. The lowest BCUT2D eigenvalue weighted by Gasteiger charge is -2.19. The van der Waals surface area contributed by atoms with Crippen LogP contribution in [0, 0.1) is 0 Å². The first-order chi connectivity index (χ1) is 12.5. The predicted octanol–water partition coefficient (Wildman–Crippen LogP) is 3.29. The average Bonchev–Trinajstić information content (AvgIpc) is 2.66. The van der Waals surface area contributed by atoms with Crippen molar-refractivity contribution in [2.75, 3.05) is 17.3 Å². The highest BCUT2D eigenvalue weighted by atomic mass is 32.2. The predicted molar refractivity (Wildman–Crippen MR) is 108 cm³/mol. The van der Waals surface area contributed by atoms with Gasteiger partial charge < -0.3 is 5.32 Å². The van der Waals surface area contributed by atoms with Crippen molar-refractivity contribution in [2.45, 2.75) is 30.7 Å². The van der Waals surface area contributed by atoms with Gasteiger partial charge in [-0.05, 0) is 48.6 Å². The van der Waals surface area contributed by atoms with Gasteiger partial charge in [0.1, 0.15) is 6.04 Å². The molecule has 0 heterocycles. The van der Waals surface area contributed by atoms with E-state index in [1.807, 2.05) is 37.4 Å². The van der Waals surface area contributed by atoms with Gasteiger partial charge in [0.25, 0.3) is 0 Å². The van der Waals surface area contributed by atoms with Crippen LogP contribution in [0.15, 0.2) is 59.5 Å². The summed E-state index contributed by atoms with van der Waals surface area (Å²) in [7, 11) is -3.76. The van der Waals surface area contributed by atoms with E-state index in [1.165, 1.54) is 12.1 Å². The summed E-state index contributed by atoms with van der Waals surface area (Å²) < 4.78 is 27.7. The third kappa shape index (κ3) is 5.59. The van der Waals surface area contributed by atoms with Crippen LogP contribution in [-0.2, 0) is 21.2 Å². The van der Waals surface area contributed by atoms with Crippen LogP contribution in [0.4, 0.5) is 5.69 Å². The molecule has 0 spiro atoms. The number of para-hydroxylation sites is 1. The van der Waals surface area contributed by atoms with Crippen LogP contribution in [0.5, 0.6) is 0 Å². The van der Waals surface area contributed by atoms with Crippen LogP contribution >= 0.6 is 11.8 Å². The number of carbonyl (C=O) groups is 1. The number of anilines is 1. The molecule has 0 bridgehead atoms. The maximum absolute atomic E-state index is 12.7. The summed E-state index contributed by atoms with van der Waals surface area (Å²) >= 11 is 1.57. The van der Waals surface area contributed by atoms with Crippen molar-refractivity contribution in [3.8, 4) is 0 Å². The second-order valence-electron chi connectivity index (χ2n) is 5.77. The van der Waals surface area contributed by atoms with Gasteiger partial charge in [-0.25, -0.2) is 8.42 Å². The van der Waals surface area contributed by atoms with E-state index in [9.17, 15) is 13.2 Å². The van der Waals surface area contributed by atoms with E-state index in [0.29, 0.717) is 17.9 Å². The molecule has 140 valence electrons. The summed E-state index contributed by atoms with van der Waals surface area (Å²) in [6.07, 6.45) is 3.11. The molecule has 0 fully saturated rings. The normalized spacial score (nSPS) is 12.5. The van der Waals surface area contributed by atoms with Gasteiger partial charge in [0.05, 0.1) is 4.90 Å². The topological polar surface area (TPSA) is 75.3 Å². The van der Waals surface area contributed by atoms with E-state index < -0.39 is 16.1 Å². The highest BCUT2D eigenvalue weighted by Crippen LogP contribution is 2.17. The Bertz CT molecular complexity index is 824. The van der Waals surface area contributed by atoms with E-state index >= 15 is 0 Å². The fraction of sp³-hybridized carbons (Fsp3) is 0.316. The zero-order valence-electron chi connectivity index (χ0n) is 14.9. The van der Waals surface area contributed by atoms with Gasteiger partial charge in [-0.2, -0.15) is 16.5 Å². The quantitative estimate of drug-likeness (QED) is 0.687. The van der Waals surface area contributed by atoms with E-state index in [4.69, 9.17) is 0 Å². The Labute approximate surface area is 159 Å². The van der Waals surface area contributed by atoms with Crippen molar-refractivity contribution in [2.24, 2.45) is 0 Å². The van der Waals surface area contributed by atoms with E-state index in [0.717, 1.165) is 12.0 Å². The summed E-state index contributed by atoms with van der Waals surface area (Å²) in [6, 6.07) is 14.8. The van der Waals surface area contributed by atoms with Gasteiger partial charge in [0.15, 0.2) is 0 Å². The molecule has 0 aliphatic carbocycles. The molecule has 26 heavy (non-hydrogen) atoms. The number of benzene rings is 2. The van der Waals surface area contributed by atoms with Crippen molar-refractivity contribution in [3.63, 3.8) is 0 Å². The second-order valence-corrected chi connectivity index (χ2v) is 8.47. The third-order valence-electron chi connectivity index (χ3n) is 3.93. The molecule has 0 saturated carbocycles. The number of rotatable bonds is 9. The number of hydrogen-bond donors (Lipinski definition) is 2. The molecule has 2 N–H and O–H groups in total. The Kier molecular flexibility index (Phi) is 7.68. The molecule has 0 aromatic heterocycles. The Balaban J connectivity index is 2.19. The summed E-state index contributed by atoms with van der Waals surface area (Å²) in [6.45, 7) is 2.01. The highest BCUT2D eigenvalue weighted by Gasteiger charge is 2.25. The Morgan fingerprint density at radius 1 is 1.08 bits per heavy atom. The van der Waals surface area contributed by atoms with Crippen LogP contribution in [0.3, 0.4) is 0 Å². The van der Waals surface area contributed by atoms with Gasteiger partial charge >= 0.3 is 0 Å². The maximum Gasteiger partial charge on any atom is 0.242 e. The van der Waals surface area contributed by atoms with Crippen LogP contribution in [0.2, 0.25) is 0 Å². The van der Waals surface area contributed by atoms with Gasteiger partial charge in [-0.15, -0.1) is 0 Å². The van der Waals surface area contributed by atoms with Crippen molar-refractivity contribution < 1.29 is 13.2 Å². The molecule has 0 radical (unpaired) electrons. The van der Waals surface area contributed by atoms with Gasteiger partial charge in [0.2, 0.25) is 15.9 Å². The molecule has 5 nitrogen and oxygen atoms in total. The minimum Gasteiger partial charge on any atom is -0.324 e. The zero-order valence-corrected chi connectivity index (χ0v) is 16.6. The molecule has 2 aromatic rings. The lowest BCUT2D eigenvalue weighted by Crippen LogP contribution is -2.44. The lowest BCUT2D eigenvalue weighted by molar-refractivity contribution is -0.117. The highest BCUT2D eigenvalue weighted by molar-refractivity contribution is 7.98. The van der Waals surface area contributed by atoms with E-state index in [2.05, 4.69) is 10.0 Å². The smallest absolute Gasteiger partial charge is 0.242 e. The summed E-state index contributed by atoms with van der Waals surface area (Å²) in [5.74, 6) is 0.324. The number of amides is 1. The number of carbonyl (C=O) groups excluding carboxylic acids is 1. The number of aryl methyl sites for hydroxylation is 1. The van der Waals surface area contributed by atoms with Gasteiger partial charge in [-0.3, -0.25) is 4.79 Å². The number of thioether (sulfide) groups is 1. The SMILES string of the molecule is CCc1ccccc1NC(=O)[C@H](CCSC)NS(=O)(=O)c1ccccc1. The molecule has 0 saturated heterocycles. The zero-order chi connectivity index (χ0) is 19.0. The van der Waals surface area contributed by atoms with Crippen molar-refractivity contribution in [1.82, 2.24) is 4.72 Å². The standard InChI is InChI=1S/C19H24N2O3S2/c1-3-15-9-7-8-12-17(15)20-19(22)18(13-14-25-2)21-26(23,24)16-10-5-4-6-11-16/h4-12,18,21H,3,13-14H2,1-2H3,(H,20,22)/t18-/m0/s1. The molecule has 0 aliphatic heterocycles. The molecular formula is C19H24N2O3S2. The number of hydrogen-bond acceptors (Lipinski definition) is 4. The van der Waals surface area contributed by atoms with Gasteiger partial charge in [0, 0.05) is 5.69 Å². The fourth-order valence-corrected chi connectivity index (χ4v) is 4.23. The Hall–Kier alpha value is -1.83. The van der Waals surface area contributed by atoms with Crippen LogP contribution < -0.4 is 10.0 Å². The van der Waals surface area contributed by atoms with Crippen LogP contribution in [-0.4, -0.2) is 32.4 Å². The summed E-state index contributed by atoms with van der Waals surface area (Å²) in [4.78, 5) is 12.9. The number of sulfonamides is 1. The molecule has 0 aliphatic rings. The maximum atomic E-state index is 12.7. The molecule has 7 heteroatoms. The van der Waals surface area contributed by atoms with E-state index in [-0.39, 0.29) is 10.8 Å². The first kappa shape index (κ1) is 20.5. The Morgan fingerprint density at radius 2 is 1.73 bits per heavy atom. The molecule has 1 atom stereocenters. The molecule has 2 rings (SSSR count). The average molecular weight is 393 g/mol. The Morgan fingerprint density at radius 3 is 2.38 bits per heavy atom. The van der Waals surface area contributed by atoms with Gasteiger partial charge in [-0.1, -0.05) is 43.3 Å². The van der Waals surface area contributed by atoms with Crippen LogP contribution in [0.1, 0.15) is 18.9 Å². The fourth-order valence-electron chi connectivity index (χ4n) is 2.50. The van der Waals surface area contributed by atoms with Crippen molar-refractivity contribution in [3.05, 3.63) is 60.2 Å². The third-order valence-corrected chi connectivity index (χ3v) is 6.07. The first-order valence-corrected chi connectivity index (χ1v) is 11.3. The molecular weight excluding hydrogens is 368 g/mol. The minimum absolute atomic E-state index is 0.149. The number of nitrogens with one attached hydrogen (secondary N) is 2. The van der Waals surface area contributed by atoms with E-state index in [1.54, 1.807) is 30.0 Å². The molecule has 1 amide bonds. The lowest BCUT2D eigenvalue weighted by atomic mass is 10.1. The van der Waals surface area contributed by atoms with Crippen LogP contribution in [0.25, 0.3) is 0 Å². The first-order valence-electron chi connectivity index (χ1n) is 8.43. The summed E-state index contributed by atoms with van der Waals surface area (Å²) in [5, 5.41) is 2.87. The minimum atomic E-state index is -3.76.